The second kappa shape index (κ2) is 13.4. The maximum absolute atomic E-state index is 12.8. The molecule has 0 radical (unpaired) electrons. The Morgan fingerprint density at radius 3 is 2.77 bits per heavy atom. The fourth-order valence-electron chi connectivity index (χ4n) is 6.04. The molecule has 0 spiro atoms. The van der Waals surface area contributed by atoms with Crippen molar-refractivity contribution < 1.29 is 19.1 Å². The highest BCUT2D eigenvalue weighted by molar-refractivity contribution is 5.96. The van der Waals surface area contributed by atoms with Gasteiger partial charge in [-0.3, -0.25) is 14.7 Å². The van der Waals surface area contributed by atoms with Crippen molar-refractivity contribution in [2.75, 3.05) is 36.4 Å². The van der Waals surface area contributed by atoms with Crippen LogP contribution in [0, 0.1) is 6.92 Å². The quantitative estimate of drug-likeness (QED) is 0.231. The van der Waals surface area contributed by atoms with E-state index < -0.39 is 12.0 Å². The lowest BCUT2D eigenvalue weighted by Gasteiger charge is -2.33. The molecule has 1 amide bonds. The topological polar surface area (TPSA) is 143 Å². The molecule has 44 heavy (non-hydrogen) atoms. The molecule has 4 N–H and O–H groups in total. The van der Waals surface area contributed by atoms with E-state index in [1.54, 1.807) is 18.5 Å². The number of fused-ring (bicyclic) bond motifs is 1. The summed E-state index contributed by atoms with van der Waals surface area (Å²) in [6, 6.07) is 11.6. The number of hydrogen-bond acceptors (Lipinski definition) is 10. The Labute approximate surface area is 257 Å². The van der Waals surface area contributed by atoms with Crippen molar-refractivity contribution >= 4 is 23.2 Å². The first-order valence-corrected chi connectivity index (χ1v) is 15.2. The van der Waals surface area contributed by atoms with E-state index in [-0.39, 0.29) is 6.42 Å². The monoisotopic (exact) mass is 597 g/mol. The number of carbonyl (C=O) groups excluding carboxylic acids is 1. The van der Waals surface area contributed by atoms with Crippen LogP contribution >= 0.6 is 0 Å². The Balaban J connectivity index is 1.16. The highest BCUT2D eigenvalue weighted by Gasteiger charge is 2.26. The number of pyridine rings is 2. The van der Waals surface area contributed by atoms with Gasteiger partial charge in [0.1, 0.15) is 24.0 Å². The number of nitrogens with zero attached hydrogens (tertiary/aromatic N) is 5. The second-order valence-electron chi connectivity index (χ2n) is 11.6. The zero-order chi connectivity index (χ0) is 30.5. The smallest absolute Gasteiger partial charge is 0.249 e. The molecule has 11 heteroatoms. The van der Waals surface area contributed by atoms with Crippen molar-refractivity contribution in [1.82, 2.24) is 19.9 Å². The first-order chi connectivity index (χ1) is 21.4. The zero-order valence-corrected chi connectivity index (χ0v) is 25.0. The molecule has 11 nitrogen and oxygen atoms in total. The number of aliphatic hydroxyl groups is 1. The van der Waals surface area contributed by atoms with Crippen LogP contribution < -0.4 is 20.7 Å². The molecule has 2 aliphatic rings. The number of oxazole rings is 1. The van der Waals surface area contributed by atoms with Gasteiger partial charge in [0.05, 0.1) is 23.7 Å². The minimum absolute atomic E-state index is 0.279. The van der Waals surface area contributed by atoms with E-state index in [0.29, 0.717) is 35.9 Å². The summed E-state index contributed by atoms with van der Waals surface area (Å²) >= 11 is 0. The van der Waals surface area contributed by atoms with Crippen molar-refractivity contribution in [2.24, 2.45) is 5.73 Å². The van der Waals surface area contributed by atoms with E-state index in [0.717, 1.165) is 74.8 Å². The van der Waals surface area contributed by atoms with Gasteiger partial charge in [-0.05, 0) is 74.1 Å². The van der Waals surface area contributed by atoms with Crippen LogP contribution in [0.15, 0.2) is 59.6 Å². The second-order valence-corrected chi connectivity index (χ2v) is 11.6. The van der Waals surface area contributed by atoms with Gasteiger partial charge in [0.2, 0.25) is 5.91 Å². The first kappa shape index (κ1) is 29.6. The highest BCUT2D eigenvalue weighted by atomic mass is 16.5. The number of hydrogen-bond donors (Lipinski definition) is 3. The summed E-state index contributed by atoms with van der Waals surface area (Å²) < 4.78 is 11.3. The minimum atomic E-state index is -0.704. The van der Waals surface area contributed by atoms with Gasteiger partial charge in [0.15, 0.2) is 12.2 Å². The minimum Gasteiger partial charge on any atom is -0.486 e. The Bertz CT molecular complexity index is 1590. The summed E-state index contributed by atoms with van der Waals surface area (Å²) in [6.45, 7) is 5.92. The van der Waals surface area contributed by atoms with Crippen LogP contribution in [0.25, 0.3) is 0 Å². The van der Waals surface area contributed by atoms with Gasteiger partial charge in [0.25, 0.3) is 0 Å². The Morgan fingerprint density at radius 1 is 1.16 bits per heavy atom. The average Bonchev–Trinajstić information content (AvgIpc) is 3.45. The number of anilines is 3. The molecular formula is C33H39N7O4. The molecule has 4 aromatic rings. The molecule has 5 heterocycles. The molecule has 1 atom stereocenters. The van der Waals surface area contributed by atoms with Crippen LogP contribution in [0.1, 0.15) is 57.8 Å². The summed E-state index contributed by atoms with van der Waals surface area (Å²) in [5, 5.41) is 14.6. The van der Waals surface area contributed by atoms with Crippen molar-refractivity contribution in [3.8, 4) is 5.75 Å². The first-order valence-electron chi connectivity index (χ1n) is 15.2. The number of aryl methyl sites for hydroxylation is 1. The van der Waals surface area contributed by atoms with E-state index in [4.69, 9.17) is 19.9 Å². The van der Waals surface area contributed by atoms with E-state index in [1.165, 1.54) is 17.5 Å². The number of carbonyl (C=O) groups is 1. The molecule has 1 fully saturated rings. The molecule has 0 bridgehead atoms. The summed E-state index contributed by atoms with van der Waals surface area (Å²) in [6.07, 6.45) is 8.52. The summed E-state index contributed by atoms with van der Waals surface area (Å²) in [7, 11) is 0. The van der Waals surface area contributed by atoms with E-state index in [2.05, 4.69) is 37.2 Å². The third kappa shape index (κ3) is 7.00. The fourth-order valence-corrected chi connectivity index (χ4v) is 6.04. The van der Waals surface area contributed by atoms with Gasteiger partial charge in [0, 0.05) is 56.5 Å². The summed E-state index contributed by atoms with van der Waals surface area (Å²) in [4.78, 5) is 30.4. The van der Waals surface area contributed by atoms with Crippen molar-refractivity contribution in [1.29, 1.82) is 0 Å². The summed E-state index contributed by atoms with van der Waals surface area (Å²) in [5.74, 6) is 2.22. The molecule has 6 rings (SSSR count). The lowest BCUT2D eigenvalue weighted by atomic mass is 9.97. The van der Waals surface area contributed by atoms with Crippen molar-refractivity contribution in [3.63, 3.8) is 0 Å². The Kier molecular flexibility index (Phi) is 9.04. The highest BCUT2D eigenvalue weighted by Crippen LogP contribution is 2.31. The van der Waals surface area contributed by atoms with Crippen molar-refractivity contribution in [2.45, 2.75) is 58.3 Å². The van der Waals surface area contributed by atoms with Gasteiger partial charge in [-0.15, -0.1) is 0 Å². The third-order valence-corrected chi connectivity index (χ3v) is 8.35. The van der Waals surface area contributed by atoms with E-state index in [1.807, 2.05) is 25.1 Å². The number of aliphatic hydroxyl groups excluding tert-OH is 1. The molecular weight excluding hydrogens is 558 g/mol. The van der Waals surface area contributed by atoms with Gasteiger partial charge in [-0.1, -0.05) is 6.07 Å². The number of rotatable bonds is 11. The maximum atomic E-state index is 12.8. The standard InChI is InChI=1S/C33H39N7O4/c1-22-30(44-21-36-22)20-43-27-8-7-24-18-39(13-9-23(24)14-27)19-26(41)15-29-28(32(34)42)16-31(37-25-6-5-10-35-17-25)38-33(29)40-11-3-2-4-12-40/h5-8,10,14,16-17,21,26,41H,2-4,9,11-13,15,18-20H2,1H3,(H2,34,42)(H,37,38). The normalized spacial score (nSPS) is 15.9. The number of β-amino-alcohol motifs (C(OH)–C–C–N with tert-alkyl or cyclic N) is 1. The predicted molar refractivity (Wildman–Crippen MR) is 167 cm³/mol. The molecule has 230 valence electrons. The van der Waals surface area contributed by atoms with Crippen LogP contribution in [-0.2, 0) is 26.0 Å². The largest absolute Gasteiger partial charge is 0.486 e. The molecule has 1 aromatic carbocycles. The number of benzene rings is 1. The SMILES string of the molecule is Cc1ncoc1COc1ccc2c(c1)CCN(CC(O)Cc1c(C(N)=O)cc(Nc3cccnc3)nc1N1CCCCC1)C2. The predicted octanol–water partition coefficient (Wildman–Crippen LogP) is 4.15. The van der Waals surface area contributed by atoms with E-state index in [9.17, 15) is 9.90 Å². The van der Waals surface area contributed by atoms with Crippen molar-refractivity contribution in [3.05, 3.63) is 88.9 Å². The Hall–Kier alpha value is -4.48. The number of nitrogens with two attached hydrogens (primary N) is 1. The summed E-state index contributed by atoms with van der Waals surface area (Å²) in [5.41, 5.74) is 11.0. The van der Waals surface area contributed by atoms with Gasteiger partial charge in [-0.2, -0.15) is 0 Å². The van der Waals surface area contributed by atoms with Crippen LogP contribution in [0.3, 0.4) is 0 Å². The lowest BCUT2D eigenvalue weighted by Crippen LogP contribution is -2.38. The molecule has 0 saturated carbocycles. The lowest BCUT2D eigenvalue weighted by molar-refractivity contribution is 0.0989. The number of ether oxygens (including phenoxy) is 1. The average molecular weight is 598 g/mol. The van der Waals surface area contributed by atoms with Crippen LogP contribution in [0.2, 0.25) is 0 Å². The molecule has 2 aliphatic heterocycles. The molecule has 1 saturated heterocycles. The number of nitrogens with one attached hydrogen (secondary N) is 1. The van der Waals surface area contributed by atoms with Gasteiger partial charge in [-0.25, -0.2) is 9.97 Å². The molecule has 1 unspecified atom stereocenters. The van der Waals surface area contributed by atoms with Gasteiger partial charge < -0.3 is 30.2 Å². The molecule has 3 aromatic heterocycles. The zero-order valence-electron chi connectivity index (χ0n) is 25.0. The number of piperidine rings is 1. The van der Waals surface area contributed by atoms with Crippen LogP contribution in [0.5, 0.6) is 5.75 Å². The number of primary amides is 1. The fraction of sp³-hybridized carbons (Fsp3) is 0.394. The molecule has 0 aliphatic carbocycles. The Morgan fingerprint density at radius 2 is 2.02 bits per heavy atom. The van der Waals surface area contributed by atoms with E-state index >= 15 is 0 Å². The van der Waals surface area contributed by atoms with Crippen LogP contribution in [0.4, 0.5) is 17.3 Å². The third-order valence-electron chi connectivity index (χ3n) is 8.35. The maximum Gasteiger partial charge on any atom is 0.249 e. The van der Waals surface area contributed by atoms with Crippen LogP contribution in [-0.4, -0.2) is 63.1 Å². The number of amides is 1. The number of aromatic nitrogens is 3. The van der Waals surface area contributed by atoms with Gasteiger partial charge >= 0.3 is 0 Å².